The maximum Gasteiger partial charge on any atom is 0.245 e. The van der Waals surface area contributed by atoms with Crippen molar-refractivity contribution in [2.24, 2.45) is 55.9 Å². The zero-order chi connectivity index (χ0) is 74.1. The molecule has 12 atom stereocenters. The second-order valence-electron chi connectivity index (χ2n) is 23.4. The Balaban J connectivity index is 2.20. The minimum absolute atomic E-state index is 0.0259. The molecule has 37 nitrogen and oxygen atoms in total. The van der Waals surface area contributed by atoms with Crippen LogP contribution in [0.1, 0.15) is 109 Å². The summed E-state index contributed by atoms with van der Waals surface area (Å²) in [6.45, 7) is 2.81. The van der Waals surface area contributed by atoms with Crippen LogP contribution in [0.5, 0.6) is 0 Å². The second-order valence-corrected chi connectivity index (χ2v) is 23.4. The number of primary amides is 1. The number of nitrogens with one attached hydrogen (secondary N) is 12. The molecule has 0 bridgehead atoms. The molecule has 0 unspecified atom stereocenters. The van der Waals surface area contributed by atoms with Gasteiger partial charge in [-0.3, -0.25) is 72.3 Å². The number of rotatable bonds is 47. The monoisotopic (exact) mass is 1390 g/mol. The van der Waals surface area contributed by atoms with Crippen molar-refractivity contribution in [1.82, 2.24) is 63.8 Å². The average molecular weight is 1400 g/mol. The van der Waals surface area contributed by atoms with Crippen LogP contribution in [0.3, 0.4) is 0 Å². The molecule has 99 heavy (non-hydrogen) atoms. The summed E-state index contributed by atoms with van der Waals surface area (Å²) >= 11 is 0. The highest BCUT2D eigenvalue weighted by atomic mass is 16.3. The van der Waals surface area contributed by atoms with Crippen molar-refractivity contribution in [2.75, 3.05) is 52.4 Å². The van der Waals surface area contributed by atoms with E-state index in [4.69, 9.17) is 45.9 Å². The van der Waals surface area contributed by atoms with Gasteiger partial charge in [0.05, 0.1) is 38.4 Å². The minimum Gasteiger partial charge on any atom is -0.394 e. The molecule has 0 fully saturated rings. The van der Waals surface area contributed by atoms with Crippen LogP contribution in [0.25, 0.3) is 0 Å². The number of guanidine groups is 2. The van der Waals surface area contributed by atoms with Crippen molar-refractivity contribution in [3.8, 4) is 0 Å². The number of aliphatic hydroxyl groups is 2. The SMILES string of the molecule is C[C@H](NC(=O)CNC(=O)[C@@H](NC(=O)[C@H](NC(=O)CNC(=O)CNC(=O)[C@@H](N)Cc1ccccc1)[C@@H](C)c1ccccc1)[C@@H](C)O)C(=O)N[C@@H](CCCN=C(N)N)C(=O)N[C@@H](CCCCN)C(=O)N[C@@H](CO)C(=O)N[C@@H](C)C(=O)N[C@@H](CCCN=C(N)N)C(=O)N[C@@H](CCCCN)C(N)=O. The molecule has 0 saturated heterocycles. The highest BCUT2D eigenvalue weighted by Gasteiger charge is 2.36. The van der Waals surface area contributed by atoms with Gasteiger partial charge in [0, 0.05) is 19.0 Å². The Morgan fingerprint density at radius 2 is 0.838 bits per heavy atom. The molecule has 0 spiro atoms. The normalized spacial score (nSPS) is 14.5. The smallest absolute Gasteiger partial charge is 0.245 e. The van der Waals surface area contributed by atoms with E-state index in [2.05, 4.69) is 73.8 Å². The predicted octanol–water partition coefficient (Wildman–Crippen LogP) is -8.66. The molecule has 37 heteroatoms. The Hall–Kier alpha value is -10.1. The van der Waals surface area contributed by atoms with Gasteiger partial charge in [-0.15, -0.1) is 0 Å². The first-order chi connectivity index (χ1) is 46.9. The van der Waals surface area contributed by atoms with E-state index in [1.54, 1.807) is 61.5 Å². The molecule has 2 aromatic rings. The topological polar surface area (TPSA) is 640 Å². The van der Waals surface area contributed by atoms with Gasteiger partial charge >= 0.3 is 0 Å². The highest BCUT2D eigenvalue weighted by Crippen LogP contribution is 2.20. The Labute approximate surface area is 574 Å². The zero-order valence-electron chi connectivity index (χ0n) is 56.4. The molecule has 0 heterocycles. The van der Waals surface area contributed by atoms with Gasteiger partial charge < -0.3 is 120 Å². The number of benzene rings is 2. The molecule has 0 aliphatic heterocycles. The number of unbranched alkanes of at least 4 members (excludes halogenated alkanes) is 2. The summed E-state index contributed by atoms with van der Waals surface area (Å²) in [4.78, 5) is 182. The summed E-state index contributed by atoms with van der Waals surface area (Å²) in [6, 6.07) is 3.44. The first-order valence-corrected chi connectivity index (χ1v) is 32.4. The molecule has 0 aliphatic rings. The number of carbonyl (C=O) groups excluding carboxylic acids is 13. The third kappa shape index (κ3) is 33.6. The van der Waals surface area contributed by atoms with Gasteiger partial charge in [-0.1, -0.05) is 67.6 Å². The molecular formula is C62H102N22O15. The average Bonchev–Trinajstić information content (AvgIpc) is 0.848. The van der Waals surface area contributed by atoms with Crippen LogP contribution in [0.4, 0.5) is 0 Å². The molecule has 0 saturated carbocycles. The van der Waals surface area contributed by atoms with Crippen molar-refractivity contribution >= 4 is 88.7 Å². The number of nitrogens with zero attached hydrogens (tertiary/aromatic N) is 2. The van der Waals surface area contributed by atoms with Crippen LogP contribution in [0, 0.1) is 0 Å². The Bertz CT molecular complexity index is 3030. The fraction of sp³-hybridized carbons (Fsp3) is 0.565. The van der Waals surface area contributed by atoms with Crippen molar-refractivity contribution in [3.05, 3.63) is 71.8 Å². The number of carbonyl (C=O) groups is 13. The fourth-order valence-corrected chi connectivity index (χ4v) is 9.44. The Morgan fingerprint density at radius 1 is 0.424 bits per heavy atom. The Morgan fingerprint density at radius 3 is 1.32 bits per heavy atom. The number of hydrogen-bond acceptors (Lipinski definition) is 20. The third-order valence-electron chi connectivity index (χ3n) is 15.1. The van der Waals surface area contributed by atoms with E-state index in [1.165, 1.54) is 20.8 Å². The van der Waals surface area contributed by atoms with Gasteiger partial charge in [0.1, 0.15) is 54.4 Å². The number of hydrogen-bond donors (Lipinski definition) is 22. The Kier molecular flexibility index (Phi) is 39.6. The molecule has 0 aromatic heterocycles. The van der Waals surface area contributed by atoms with Crippen LogP contribution in [-0.2, 0) is 68.7 Å². The predicted molar refractivity (Wildman–Crippen MR) is 364 cm³/mol. The van der Waals surface area contributed by atoms with Gasteiger partial charge in [-0.25, -0.2) is 0 Å². The minimum atomic E-state index is -1.73. The molecule has 30 N–H and O–H groups in total. The number of aliphatic hydroxyl groups excluding tert-OH is 2. The van der Waals surface area contributed by atoms with E-state index in [-0.39, 0.29) is 82.9 Å². The van der Waals surface area contributed by atoms with Gasteiger partial charge in [0.2, 0.25) is 76.8 Å². The lowest BCUT2D eigenvalue weighted by atomic mass is 9.92. The molecule has 13 amide bonds. The summed E-state index contributed by atoms with van der Waals surface area (Å²) in [7, 11) is 0. The van der Waals surface area contributed by atoms with E-state index in [0.29, 0.717) is 31.4 Å². The van der Waals surface area contributed by atoms with E-state index in [1.807, 2.05) is 6.07 Å². The van der Waals surface area contributed by atoms with E-state index < -0.39 is 175 Å². The van der Waals surface area contributed by atoms with Crippen LogP contribution in [0.2, 0.25) is 0 Å². The largest absolute Gasteiger partial charge is 0.394 e. The first-order valence-electron chi connectivity index (χ1n) is 32.4. The van der Waals surface area contributed by atoms with Crippen LogP contribution in [-0.4, -0.2) is 218 Å². The quantitative estimate of drug-likeness (QED) is 0.0166. The van der Waals surface area contributed by atoms with E-state index in [9.17, 15) is 72.5 Å². The number of amides is 13. The molecule has 2 aromatic carbocycles. The van der Waals surface area contributed by atoms with Gasteiger partial charge in [-0.05, 0) is 116 Å². The molecule has 2 rings (SSSR count). The summed E-state index contributed by atoms with van der Waals surface area (Å²) in [5, 5.41) is 50.3. The lowest BCUT2D eigenvalue weighted by molar-refractivity contribution is -0.136. The summed E-state index contributed by atoms with van der Waals surface area (Å²) in [6.07, 6.45) is 0.351. The van der Waals surface area contributed by atoms with Crippen molar-refractivity contribution in [2.45, 2.75) is 171 Å². The molecule has 550 valence electrons. The zero-order valence-corrected chi connectivity index (χ0v) is 56.4. The van der Waals surface area contributed by atoms with Crippen molar-refractivity contribution in [3.63, 3.8) is 0 Å². The maximum atomic E-state index is 14.1. The van der Waals surface area contributed by atoms with Crippen LogP contribution < -0.4 is 110 Å². The maximum absolute atomic E-state index is 14.1. The van der Waals surface area contributed by atoms with Crippen molar-refractivity contribution in [1.29, 1.82) is 0 Å². The van der Waals surface area contributed by atoms with E-state index >= 15 is 0 Å². The van der Waals surface area contributed by atoms with Crippen LogP contribution in [0.15, 0.2) is 70.6 Å². The summed E-state index contributed by atoms with van der Waals surface area (Å²) in [5.41, 5.74) is 46.0. The summed E-state index contributed by atoms with van der Waals surface area (Å²) < 4.78 is 0. The molecular weight excluding hydrogens is 1290 g/mol. The lowest BCUT2D eigenvalue weighted by Crippen LogP contribution is -2.60. The number of nitrogens with two attached hydrogens (primary N) is 8. The van der Waals surface area contributed by atoms with Gasteiger partial charge in [0.25, 0.3) is 0 Å². The van der Waals surface area contributed by atoms with E-state index in [0.717, 1.165) is 5.56 Å². The molecule has 0 radical (unpaired) electrons. The highest BCUT2D eigenvalue weighted by molar-refractivity contribution is 5.99. The van der Waals surface area contributed by atoms with Gasteiger partial charge in [0.15, 0.2) is 11.9 Å². The van der Waals surface area contributed by atoms with Gasteiger partial charge in [-0.2, -0.15) is 0 Å². The first kappa shape index (κ1) is 85.0. The standard InChI is InChI=1S/C62H102N22O15/c1-34(39-19-9-6-10-20-39)49(83-48(89)31-73-46(87)30-74-54(93)40(65)29-38-17-7-5-8-18-38)60(99)84-50(37(4)86)59(98)75-32-47(88)76-35(2)52(91)79-44(24-16-28-72-62(69)70)56(95)81-42(22-12-14-26-64)57(96)82-45(33-85)58(97)77-36(3)53(92)80-43(23-15-27-71-61(67)68)55(94)78-41(51(66)90)21-11-13-25-63/h5-10,17-20,34-37,40-45,49-50,85-86H,11-16,21-33,63-65H2,1-4H3,(H2,66,90)(H,73,87)(H,74,93)(H,75,98)(H,76,88)(H,77,97)(H,78,94)(H,79,91)(H,80,92)(H,81,95)(H,82,96)(H,83,89)(H,84,99)(H4,67,68,71)(H4,69,70,72)/t34-,35-,36-,37+,40-,41-,42-,43-,44-,45-,49+,50-/m0/s1. The molecule has 0 aliphatic carbocycles. The number of aliphatic imine (C=N–C) groups is 2. The lowest BCUT2D eigenvalue weighted by Gasteiger charge is -2.28. The third-order valence-corrected chi connectivity index (χ3v) is 15.1. The van der Waals surface area contributed by atoms with Crippen LogP contribution >= 0.6 is 0 Å². The fourth-order valence-electron chi connectivity index (χ4n) is 9.44. The summed E-state index contributed by atoms with van der Waals surface area (Å²) in [5.74, 6) is -12.9. The second kappa shape index (κ2) is 46.2. The van der Waals surface area contributed by atoms with Crippen molar-refractivity contribution < 1.29 is 72.5 Å².